The Balaban J connectivity index is 2.02. The molecular weight excluding hydrogens is 190 g/mol. The molecule has 1 aromatic rings. The van der Waals surface area contributed by atoms with E-state index in [1.54, 1.807) is 0 Å². The van der Waals surface area contributed by atoms with E-state index in [0.29, 0.717) is 12.5 Å². The van der Waals surface area contributed by atoms with Gasteiger partial charge in [0.25, 0.3) is 10.0 Å². The van der Waals surface area contributed by atoms with Crippen molar-refractivity contribution in [2.45, 2.75) is 17.9 Å². The molecule has 1 aliphatic carbocycles. The fourth-order valence-electron chi connectivity index (χ4n) is 1.02. The van der Waals surface area contributed by atoms with Gasteiger partial charge in [-0.1, -0.05) is 0 Å². The number of rotatable bonds is 4. The fraction of sp³-hybridized carbons (Fsp3) is 0.571. The molecule has 0 radical (unpaired) electrons. The van der Waals surface area contributed by atoms with Crippen molar-refractivity contribution in [2.75, 3.05) is 6.54 Å². The number of imidazole rings is 1. The monoisotopic (exact) mass is 201 g/mol. The van der Waals surface area contributed by atoms with E-state index in [4.69, 9.17) is 0 Å². The van der Waals surface area contributed by atoms with Crippen LogP contribution in [-0.2, 0) is 10.0 Å². The van der Waals surface area contributed by atoms with Crippen LogP contribution in [0.3, 0.4) is 0 Å². The van der Waals surface area contributed by atoms with Crippen LogP contribution in [0.4, 0.5) is 0 Å². The number of aromatic amines is 1. The standard InChI is InChI=1S/C7H11N3O2S/c11-13(12,7-4-8-5-9-7)10-3-6-1-2-6/h4-6,10H,1-3H2,(H,8,9). The van der Waals surface area contributed by atoms with Crippen LogP contribution in [0.25, 0.3) is 0 Å². The van der Waals surface area contributed by atoms with Crippen LogP contribution < -0.4 is 4.72 Å². The highest BCUT2D eigenvalue weighted by Crippen LogP contribution is 2.27. The van der Waals surface area contributed by atoms with E-state index >= 15 is 0 Å². The first kappa shape index (κ1) is 8.71. The van der Waals surface area contributed by atoms with E-state index in [1.165, 1.54) is 12.5 Å². The van der Waals surface area contributed by atoms with Crippen molar-refractivity contribution in [3.8, 4) is 0 Å². The Morgan fingerprint density at radius 1 is 1.62 bits per heavy atom. The van der Waals surface area contributed by atoms with Gasteiger partial charge in [-0.05, 0) is 18.8 Å². The molecule has 2 rings (SSSR count). The first-order valence-electron chi connectivity index (χ1n) is 4.16. The topological polar surface area (TPSA) is 74.8 Å². The van der Waals surface area contributed by atoms with E-state index in [-0.39, 0.29) is 5.03 Å². The smallest absolute Gasteiger partial charge is 0.257 e. The normalized spacial score (nSPS) is 17.5. The summed E-state index contributed by atoms with van der Waals surface area (Å²) in [5.74, 6) is 0.540. The van der Waals surface area contributed by atoms with Crippen molar-refractivity contribution >= 4 is 10.0 Å². The maximum absolute atomic E-state index is 11.4. The van der Waals surface area contributed by atoms with Crippen molar-refractivity contribution in [1.29, 1.82) is 0 Å². The van der Waals surface area contributed by atoms with Gasteiger partial charge in [-0.2, -0.15) is 0 Å². The molecule has 0 aliphatic heterocycles. The zero-order chi connectivity index (χ0) is 9.31. The molecule has 1 saturated carbocycles. The van der Waals surface area contributed by atoms with Crippen LogP contribution in [0.15, 0.2) is 17.6 Å². The molecule has 5 nitrogen and oxygen atoms in total. The molecule has 0 atom stereocenters. The maximum Gasteiger partial charge on any atom is 0.257 e. The molecular formula is C7H11N3O2S. The highest BCUT2D eigenvalue weighted by molar-refractivity contribution is 7.89. The Labute approximate surface area is 76.6 Å². The summed E-state index contributed by atoms with van der Waals surface area (Å²) in [6.45, 7) is 0.543. The van der Waals surface area contributed by atoms with E-state index in [1.807, 2.05) is 0 Å². The molecule has 72 valence electrons. The first-order valence-corrected chi connectivity index (χ1v) is 5.65. The Bertz CT molecular complexity index is 366. The highest BCUT2D eigenvalue weighted by atomic mass is 32.2. The third kappa shape index (κ3) is 2.07. The summed E-state index contributed by atoms with van der Waals surface area (Å²) in [7, 11) is -3.34. The van der Waals surface area contributed by atoms with Crippen LogP contribution >= 0.6 is 0 Å². The van der Waals surface area contributed by atoms with Gasteiger partial charge in [-0.25, -0.2) is 18.1 Å². The van der Waals surface area contributed by atoms with Gasteiger partial charge >= 0.3 is 0 Å². The van der Waals surface area contributed by atoms with Gasteiger partial charge in [-0.3, -0.25) is 0 Å². The minimum Gasteiger partial charge on any atom is -0.335 e. The van der Waals surface area contributed by atoms with E-state index in [0.717, 1.165) is 12.8 Å². The summed E-state index contributed by atoms with van der Waals surface area (Å²) in [5.41, 5.74) is 0. The van der Waals surface area contributed by atoms with Crippen molar-refractivity contribution in [3.63, 3.8) is 0 Å². The fourth-order valence-corrected chi connectivity index (χ4v) is 2.04. The molecule has 0 spiro atoms. The SMILES string of the molecule is O=S(=O)(NCC1CC1)c1cnc[nH]1. The van der Waals surface area contributed by atoms with Gasteiger partial charge in [0.2, 0.25) is 0 Å². The van der Waals surface area contributed by atoms with Crippen LogP contribution in [0.2, 0.25) is 0 Å². The van der Waals surface area contributed by atoms with E-state index in [9.17, 15) is 8.42 Å². The first-order chi connectivity index (χ1) is 6.18. The number of aromatic nitrogens is 2. The lowest BCUT2D eigenvalue weighted by Crippen LogP contribution is -2.26. The maximum atomic E-state index is 11.4. The Morgan fingerprint density at radius 2 is 2.38 bits per heavy atom. The van der Waals surface area contributed by atoms with Gasteiger partial charge in [-0.15, -0.1) is 0 Å². The van der Waals surface area contributed by atoms with Crippen LogP contribution in [0.5, 0.6) is 0 Å². The predicted octanol–water partition coefficient (Wildman–Crippen LogP) is 0.0980. The molecule has 0 amide bonds. The summed E-state index contributed by atoms with van der Waals surface area (Å²) in [6.07, 6.45) is 4.91. The third-order valence-corrected chi connectivity index (χ3v) is 3.37. The largest absolute Gasteiger partial charge is 0.335 e. The molecule has 0 aromatic carbocycles. The molecule has 1 aliphatic rings. The van der Waals surface area contributed by atoms with Gasteiger partial charge in [0.15, 0.2) is 5.03 Å². The Morgan fingerprint density at radius 3 is 2.92 bits per heavy atom. The second-order valence-corrected chi connectivity index (χ2v) is 4.95. The second-order valence-electron chi connectivity index (χ2n) is 3.21. The Kier molecular flexibility index (Phi) is 2.09. The molecule has 1 fully saturated rings. The summed E-state index contributed by atoms with van der Waals surface area (Å²) >= 11 is 0. The van der Waals surface area contributed by atoms with Crippen LogP contribution in [-0.4, -0.2) is 24.9 Å². The van der Waals surface area contributed by atoms with Crippen LogP contribution in [0, 0.1) is 5.92 Å². The molecule has 1 aromatic heterocycles. The van der Waals surface area contributed by atoms with Gasteiger partial charge in [0.05, 0.1) is 12.5 Å². The van der Waals surface area contributed by atoms with Gasteiger partial charge in [0, 0.05) is 6.54 Å². The summed E-state index contributed by atoms with van der Waals surface area (Å²) in [5, 5.41) is 0.133. The van der Waals surface area contributed by atoms with E-state index < -0.39 is 10.0 Å². The number of hydrogen-bond acceptors (Lipinski definition) is 3. The highest BCUT2D eigenvalue weighted by Gasteiger charge is 2.24. The molecule has 0 saturated heterocycles. The molecule has 0 unspecified atom stereocenters. The Hall–Kier alpha value is -0.880. The van der Waals surface area contributed by atoms with E-state index in [2.05, 4.69) is 14.7 Å². The minimum atomic E-state index is -3.34. The number of nitrogens with zero attached hydrogens (tertiary/aromatic N) is 1. The minimum absolute atomic E-state index is 0.133. The van der Waals surface area contributed by atoms with Crippen molar-refractivity contribution in [1.82, 2.24) is 14.7 Å². The average molecular weight is 201 g/mol. The molecule has 13 heavy (non-hydrogen) atoms. The lowest BCUT2D eigenvalue weighted by Gasteiger charge is -2.01. The van der Waals surface area contributed by atoms with Crippen molar-refractivity contribution in [2.24, 2.45) is 5.92 Å². The number of hydrogen-bond donors (Lipinski definition) is 2. The average Bonchev–Trinajstić information content (AvgIpc) is 2.74. The lowest BCUT2D eigenvalue weighted by atomic mass is 10.4. The quantitative estimate of drug-likeness (QED) is 0.725. The number of nitrogens with one attached hydrogen (secondary N) is 2. The predicted molar refractivity (Wildman–Crippen MR) is 46.5 cm³/mol. The molecule has 2 N–H and O–H groups in total. The zero-order valence-electron chi connectivity index (χ0n) is 7.03. The zero-order valence-corrected chi connectivity index (χ0v) is 7.84. The summed E-state index contributed by atoms with van der Waals surface area (Å²) in [4.78, 5) is 6.22. The van der Waals surface area contributed by atoms with Crippen molar-refractivity contribution in [3.05, 3.63) is 12.5 Å². The summed E-state index contributed by atoms with van der Waals surface area (Å²) in [6, 6.07) is 0. The van der Waals surface area contributed by atoms with Crippen molar-refractivity contribution < 1.29 is 8.42 Å². The van der Waals surface area contributed by atoms with Gasteiger partial charge < -0.3 is 4.98 Å². The molecule has 6 heteroatoms. The van der Waals surface area contributed by atoms with Gasteiger partial charge in [0.1, 0.15) is 0 Å². The number of H-pyrrole nitrogens is 1. The lowest BCUT2D eigenvalue weighted by molar-refractivity contribution is 0.574. The second kappa shape index (κ2) is 3.12. The van der Waals surface area contributed by atoms with Crippen LogP contribution in [0.1, 0.15) is 12.8 Å². The third-order valence-electron chi connectivity index (χ3n) is 2.02. The molecule has 0 bridgehead atoms. The summed E-state index contributed by atoms with van der Waals surface area (Å²) < 4.78 is 25.4. The number of sulfonamides is 1. The molecule has 1 heterocycles.